The van der Waals surface area contributed by atoms with Crippen molar-refractivity contribution in [2.75, 3.05) is 32.8 Å². The smallest absolute Gasteiger partial charge is 0.497 e. The summed E-state index contributed by atoms with van der Waals surface area (Å²) in [7, 11) is 2.80. The molecular formula is C32H32ClF3N4O6. The number of carbonyl (C=O) groups is 1. The number of nitrogens with zero attached hydrogens (tertiary/aromatic N) is 3. The Bertz CT molecular complexity index is 1670. The van der Waals surface area contributed by atoms with Crippen LogP contribution in [0.2, 0.25) is 5.02 Å². The Morgan fingerprint density at radius 2 is 1.78 bits per heavy atom. The molecule has 0 aliphatic heterocycles. The molecule has 2 unspecified atom stereocenters. The average Bonchev–Trinajstić information content (AvgIpc) is 3.50. The molecule has 0 saturated carbocycles. The van der Waals surface area contributed by atoms with Crippen LogP contribution in [0, 0.1) is 5.92 Å². The van der Waals surface area contributed by atoms with Crippen molar-refractivity contribution in [1.29, 1.82) is 0 Å². The lowest BCUT2D eigenvalue weighted by atomic mass is 9.87. The molecule has 0 amide bonds. The van der Waals surface area contributed by atoms with E-state index in [-0.39, 0.29) is 24.7 Å². The number of fused-ring (bicyclic) bond motifs is 1. The number of rotatable bonds is 12. The van der Waals surface area contributed by atoms with Gasteiger partial charge in [-0.3, -0.25) is 4.79 Å². The van der Waals surface area contributed by atoms with Crippen molar-refractivity contribution in [3.8, 4) is 28.7 Å². The predicted octanol–water partition coefficient (Wildman–Crippen LogP) is 6.13. The van der Waals surface area contributed by atoms with Gasteiger partial charge in [-0.25, -0.2) is 9.67 Å². The number of alkyl halides is 3. The minimum absolute atomic E-state index is 0.0211. The lowest BCUT2D eigenvalue weighted by Gasteiger charge is -2.26. The van der Waals surface area contributed by atoms with Crippen LogP contribution >= 0.6 is 11.6 Å². The largest absolute Gasteiger partial charge is 0.573 e. The number of benzene rings is 3. The lowest BCUT2D eigenvalue weighted by Crippen LogP contribution is -2.29. The summed E-state index contributed by atoms with van der Waals surface area (Å²) in [5.41, 5.74) is 3.12. The number of hydrogen-bond acceptors (Lipinski definition) is 9. The van der Waals surface area contributed by atoms with Gasteiger partial charge in [0.25, 0.3) is 0 Å². The third-order valence-electron chi connectivity index (χ3n) is 7.68. The zero-order valence-electron chi connectivity index (χ0n) is 25.0. The molecule has 1 aliphatic rings. The van der Waals surface area contributed by atoms with Gasteiger partial charge in [-0.05, 0) is 67.1 Å². The first-order chi connectivity index (χ1) is 22.1. The number of nitrogens with one attached hydrogen (secondary N) is 1. The summed E-state index contributed by atoms with van der Waals surface area (Å²) >= 11 is 6.29. The number of carbonyl (C=O) groups excluding carboxylic acids is 1. The number of methoxy groups -OCH3 is 2. The third kappa shape index (κ3) is 7.83. The second kappa shape index (κ2) is 14.3. The fraction of sp³-hybridized carbons (Fsp3) is 0.344. The van der Waals surface area contributed by atoms with E-state index < -0.39 is 24.1 Å². The van der Waals surface area contributed by atoms with E-state index in [1.54, 1.807) is 47.1 Å². The molecule has 0 spiro atoms. The second-order valence-corrected chi connectivity index (χ2v) is 11.0. The Labute approximate surface area is 268 Å². The third-order valence-corrected chi connectivity index (χ3v) is 7.91. The topological polar surface area (TPSA) is 117 Å². The summed E-state index contributed by atoms with van der Waals surface area (Å²) < 4.78 is 61.5. The molecule has 2 atom stereocenters. The summed E-state index contributed by atoms with van der Waals surface area (Å²) in [6.45, 7) is -0.272. The molecule has 14 heteroatoms. The molecule has 0 fully saturated rings. The number of hydrogen-bond donors (Lipinski definition) is 2. The Balaban J connectivity index is 1.50. The van der Waals surface area contributed by atoms with Gasteiger partial charge >= 0.3 is 6.36 Å². The number of aryl methyl sites for hydroxylation is 2. The molecule has 5 rings (SSSR count). The maximum Gasteiger partial charge on any atom is 0.573 e. The Morgan fingerprint density at radius 1 is 1.04 bits per heavy atom. The van der Waals surface area contributed by atoms with Crippen molar-refractivity contribution in [2.45, 2.75) is 38.1 Å². The molecule has 4 aromatic rings. The van der Waals surface area contributed by atoms with E-state index in [1.807, 2.05) is 0 Å². The van der Waals surface area contributed by atoms with Crippen molar-refractivity contribution in [2.24, 2.45) is 5.92 Å². The van der Waals surface area contributed by atoms with Crippen LogP contribution in [-0.2, 0) is 17.6 Å². The summed E-state index contributed by atoms with van der Waals surface area (Å²) in [5, 5.41) is 17.4. The van der Waals surface area contributed by atoms with Crippen molar-refractivity contribution in [3.63, 3.8) is 0 Å². The van der Waals surface area contributed by atoms with Gasteiger partial charge in [-0.15, -0.1) is 13.2 Å². The summed E-state index contributed by atoms with van der Waals surface area (Å²) in [6.07, 6.45) is -0.350. The number of ether oxygens (including phenoxy) is 4. The molecule has 0 bridgehead atoms. The average molecular weight is 661 g/mol. The van der Waals surface area contributed by atoms with E-state index >= 15 is 0 Å². The van der Waals surface area contributed by atoms with Crippen LogP contribution in [0.25, 0.3) is 5.69 Å². The van der Waals surface area contributed by atoms with Gasteiger partial charge in [0.2, 0.25) is 0 Å². The highest BCUT2D eigenvalue weighted by atomic mass is 35.5. The Kier molecular flexibility index (Phi) is 10.2. The van der Waals surface area contributed by atoms with Crippen LogP contribution in [0.15, 0.2) is 61.2 Å². The number of aliphatic hydroxyl groups is 1. The summed E-state index contributed by atoms with van der Waals surface area (Å²) in [4.78, 5) is 18.5. The molecule has 0 radical (unpaired) electrons. The monoisotopic (exact) mass is 660 g/mol. The Morgan fingerprint density at radius 3 is 2.41 bits per heavy atom. The fourth-order valence-corrected chi connectivity index (χ4v) is 5.71. The lowest BCUT2D eigenvalue weighted by molar-refractivity contribution is -0.275. The van der Waals surface area contributed by atoms with Gasteiger partial charge in [-0.2, -0.15) is 5.10 Å². The van der Waals surface area contributed by atoms with Gasteiger partial charge in [-0.1, -0.05) is 17.7 Å². The summed E-state index contributed by atoms with van der Waals surface area (Å²) in [6, 6.07) is 12.2. The van der Waals surface area contributed by atoms with Crippen LogP contribution < -0.4 is 24.3 Å². The van der Waals surface area contributed by atoms with E-state index in [0.29, 0.717) is 64.7 Å². The molecule has 244 valence electrons. The highest BCUT2D eigenvalue weighted by Crippen LogP contribution is 2.40. The van der Waals surface area contributed by atoms with Crippen molar-refractivity contribution >= 4 is 23.1 Å². The van der Waals surface area contributed by atoms with Crippen molar-refractivity contribution in [1.82, 2.24) is 14.8 Å². The molecule has 1 aromatic heterocycles. The Hall–Kier alpha value is -4.49. The standard InChI is InChI=1S/C32H32ClF3N4O6/c1-43-25-15-23(14-24(16-25)40-18-37-17-38-40)39-30(26-8-7-22(33)13-27(26)45-10-9-41)31(42)19-3-5-20-11-28(44-2)29(46-32(34,35)36)12-21(20)6-4-19/h7-8,11-19,30,39,41H,3-6,9-10H2,1-2H3. The van der Waals surface area contributed by atoms with Gasteiger partial charge in [0, 0.05) is 34.3 Å². The molecule has 46 heavy (non-hydrogen) atoms. The zero-order chi connectivity index (χ0) is 32.8. The van der Waals surface area contributed by atoms with Crippen LogP contribution in [0.4, 0.5) is 18.9 Å². The first-order valence-electron chi connectivity index (χ1n) is 14.4. The number of ketones is 1. The first-order valence-corrected chi connectivity index (χ1v) is 14.8. The minimum Gasteiger partial charge on any atom is -0.497 e. The normalized spacial score (nSPS) is 15.3. The van der Waals surface area contributed by atoms with E-state index in [2.05, 4.69) is 20.1 Å². The van der Waals surface area contributed by atoms with Gasteiger partial charge in [0.15, 0.2) is 17.3 Å². The second-order valence-electron chi connectivity index (χ2n) is 10.6. The maximum absolute atomic E-state index is 14.5. The molecule has 10 nitrogen and oxygen atoms in total. The molecule has 3 aromatic carbocycles. The number of Topliss-reactive ketones (excluding diaryl/α,β-unsaturated/α-hetero) is 1. The van der Waals surface area contributed by atoms with Gasteiger partial charge in [0.05, 0.1) is 26.5 Å². The van der Waals surface area contributed by atoms with Crippen LogP contribution in [0.3, 0.4) is 0 Å². The molecule has 0 saturated heterocycles. The molecular weight excluding hydrogens is 629 g/mol. The number of halogens is 4. The summed E-state index contributed by atoms with van der Waals surface area (Å²) in [5.74, 6) is -0.273. The fourth-order valence-electron chi connectivity index (χ4n) is 5.55. The minimum atomic E-state index is -4.88. The number of aromatic nitrogens is 3. The van der Waals surface area contributed by atoms with Crippen molar-refractivity contribution in [3.05, 3.63) is 82.9 Å². The van der Waals surface area contributed by atoms with Gasteiger partial charge in [0.1, 0.15) is 36.8 Å². The first kappa shape index (κ1) is 32.9. The van der Waals surface area contributed by atoms with E-state index in [0.717, 1.165) is 5.56 Å². The number of aliphatic hydroxyl groups excluding tert-OH is 1. The SMILES string of the molecule is COc1cc(NC(C(=O)C2CCc3cc(OC)c(OC(F)(F)F)cc3CC2)c2ccc(Cl)cc2OCCO)cc(-n2cncn2)c1. The molecule has 1 heterocycles. The van der Waals surface area contributed by atoms with Crippen LogP contribution in [0.1, 0.15) is 35.6 Å². The van der Waals surface area contributed by atoms with E-state index in [1.165, 1.54) is 32.9 Å². The highest BCUT2D eigenvalue weighted by Gasteiger charge is 2.35. The van der Waals surface area contributed by atoms with Crippen LogP contribution in [0.5, 0.6) is 23.0 Å². The highest BCUT2D eigenvalue weighted by molar-refractivity contribution is 6.30. The maximum atomic E-state index is 14.5. The van der Waals surface area contributed by atoms with Crippen LogP contribution in [-0.4, -0.2) is 59.4 Å². The predicted molar refractivity (Wildman–Crippen MR) is 163 cm³/mol. The van der Waals surface area contributed by atoms with E-state index in [4.69, 9.17) is 25.8 Å². The van der Waals surface area contributed by atoms with E-state index in [9.17, 15) is 23.1 Å². The van der Waals surface area contributed by atoms with Gasteiger partial charge < -0.3 is 29.4 Å². The zero-order valence-corrected chi connectivity index (χ0v) is 25.8. The quantitative estimate of drug-likeness (QED) is 0.173. The number of anilines is 1. The molecule has 1 aliphatic carbocycles. The molecule has 2 N–H and O–H groups in total. The van der Waals surface area contributed by atoms with Crippen molar-refractivity contribution < 1.29 is 42.0 Å².